The van der Waals surface area contributed by atoms with Crippen LogP contribution in [0.2, 0.25) is 5.02 Å². The molecule has 1 atom stereocenters. The summed E-state index contributed by atoms with van der Waals surface area (Å²) in [6.45, 7) is 7.05. The van der Waals surface area contributed by atoms with Crippen molar-refractivity contribution in [3.05, 3.63) is 56.7 Å². The van der Waals surface area contributed by atoms with Gasteiger partial charge in [0, 0.05) is 40.5 Å². The first-order chi connectivity index (χ1) is 12.0. The molecule has 1 aliphatic rings. The number of rotatable bonds is 5. The van der Waals surface area contributed by atoms with E-state index >= 15 is 0 Å². The minimum Gasteiger partial charge on any atom is -0.353 e. The lowest BCUT2D eigenvalue weighted by molar-refractivity contribution is -0.123. The Kier molecular flexibility index (Phi) is 6.15. The van der Waals surface area contributed by atoms with Gasteiger partial charge in [0.25, 0.3) is 0 Å². The van der Waals surface area contributed by atoms with Crippen molar-refractivity contribution in [2.24, 2.45) is 0 Å². The van der Waals surface area contributed by atoms with Crippen molar-refractivity contribution < 1.29 is 4.79 Å². The largest absolute Gasteiger partial charge is 0.353 e. The molecular formula is C20H25ClN2OS. The molecule has 0 bridgehead atoms. The zero-order chi connectivity index (χ0) is 17.8. The highest BCUT2D eigenvalue weighted by Gasteiger charge is 2.24. The molecule has 2 aromatic rings. The first-order valence-electron chi connectivity index (χ1n) is 8.85. The van der Waals surface area contributed by atoms with Gasteiger partial charge in [0.15, 0.2) is 0 Å². The van der Waals surface area contributed by atoms with E-state index < -0.39 is 0 Å². The Morgan fingerprint density at radius 3 is 2.52 bits per heavy atom. The van der Waals surface area contributed by atoms with Gasteiger partial charge in [0.2, 0.25) is 5.91 Å². The molecule has 1 aliphatic heterocycles. The van der Waals surface area contributed by atoms with E-state index in [4.69, 9.17) is 11.6 Å². The molecule has 0 aliphatic carbocycles. The number of carbonyl (C=O) groups is 1. The van der Waals surface area contributed by atoms with Crippen molar-refractivity contribution in [2.75, 3.05) is 13.1 Å². The van der Waals surface area contributed by atoms with Crippen molar-refractivity contribution in [1.29, 1.82) is 0 Å². The number of hydrogen-bond acceptors (Lipinski definition) is 3. The number of piperidine rings is 1. The number of amides is 1. The van der Waals surface area contributed by atoms with Crippen LogP contribution >= 0.6 is 22.9 Å². The summed E-state index contributed by atoms with van der Waals surface area (Å²) in [5, 5.41) is 4.02. The highest BCUT2D eigenvalue weighted by molar-refractivity contribution is 7.12. The summed E-state index contributed by atoms with van der Waals surface area (Å²) in [5.74, 6) is 0.0869. The van der Waals surface area contributed by atoms with Gasteiger partial charge >= 0.3 is 0 Å². The van der Waals surface area contributed by atoms with E-state index in [1.807, 2.05) is 19.1 Å². The SMILES string of the molecule is Cc1ccc(C(C)C(=O)NC2CCN(Cc3ccc(Cl)cc3)CC2)s1. The molecule has 134 valence electrons. The summed E-state index contributed by atoms with van der Waals surface area (Å²) in [4.78, 5) is 17.3. The normalized spacial score (nSPS) is 17.4. The fourth-order valence-corrected chi connectivity index (χ4v) is 4.28. The zero-order valence-electron chi connectivity index (χ0n) is 14.8. The van der Waals surface area contributed by atoms with Crippen LogP contribution in [0.15, 0.2) is 36.4 Å². The molecule has 1 amide bonds. The molecule has 25 heavy (non-hydrogen) atoms. The van der Waals surface area contributed by atoms with Crippen LogP contribution in [-0.4, -0.2) is 29.9 Å². The molecule has 2 heterocycles. The van der Waals surface area contributed by atoms with Gasteiger partial charge in [-0.1, -0.05) is 23.7 Å². The Morgan fingerprint density at radius 2 is 1.92 bits per heavy atom. The van der Waals surface area contributed by atoms with Crippen molar-refractivity contribution in [3.8, 4) is 0 Å². The molecule has 1 fully saturated rings. The Morgan fingerprint density at radius 1 is 1.24 bits per heavy atom. The maximum atomic E-state index is 12.5. The molecule has 1 unspecified atom stereocenters. The fourth-order valence-electron chi connectivity index (χ4n) is 3.22. The number of benzene rings is 1. The van der Waals surface area contributed by atoms with Crippen LogP contribution in [-0.2, 0) is 11.3 Å². The molecule has 5 heteroatoms. The molecule has 0 radical (unpaired) electrons. The van der Waals surface area contributed by atoms with Gasteiger partial charge < -0.3 is 5.32 Å². The average molecular weight is 377 g/mol. The van der Waals surface area contributed by atoms with E-state index in [0.29, 0.717) is 0 Å². The number of aryl methyl sites for hydroxylation is 1. The smallest absolute Gasteiger partial charge is 0.228 e. The minimum atomic E-state index is -0.0641. The monoisotopic (exact) mass is 376 g/mol. The third kappa shape index (κ3) is 5.06. The lowest BCUT2D eigenvalue weighted by Crippen LogP contribution is -2.45. The molecule has 3 rings (SSSR count). The van der Waals surface area contributed by atoms with E-state index in [9.17, 15) is 4.79 Å². The Hall–Kier alpha value is -1.36. The van der Waals surface area contributed by atoms with Crippen LogP contribution in [0.5, 0.6) is 0 Å². The van der Waals surface area contributed by atoms with Crippen LogP contribution < -0.4 is 5.32 Å². The summed E-state index contributed by atoms with van der Waals surface area (Å²) in [6.07, 6.45) is 2.02. The second kappa shape index (κ2) is 8.35. The predicted octanol–water partition coefficient (Wildman–Crippen LogP) is 4.59. The Balaban J connectivity index is 1.45. The lowest BCUT2D eigenvalue weighted by atomic mass is 10.0. The summed E-state index contributed by atoms with van der Waals surface area (Å²) >= 11 is 7.65. The minimum absolute atomic E-state index is 0.0641. The number of likely N-dealkylation sites (tertiary alicyclic amines) is 1. The second-order valence-corrected chi connectivity index (χ2v) is 8.61. The first kappa shape index (κ1) is 18.4. The average Bonchev–Trinajstić information content (AvgIpc) is 3.04. The van der Waals surface area contributed by atoms with Gasteiger partial charge in [-0.25, -0.2) is 0 Å². The summed E-state index contributed by atoms with van der Waals surface area (Å²) in [6, 6.07) is 12.5. The van der Waals surface area contributed by atoms with E-state index in [0.717, 1.165) is 42.4 Å². The van der Waals surface area contributed by atoms with Crippen molar-refractivity contribution in [2.45, 2.75) is 45.2 Å². The van der Waals surface area contributed by atoms with Crippen molar-refractivity contribution >= 4 is 28.8 Å². The maximum absolute atomic E-state index is 12.5. The maximum Gasteiger partial charge on any atom is 0.228 e. The number of nitrogens with zero attached hydrogens (tertiary/aromatic N) is 1. The van der Waals surface area contributed by atoms with E-state index in [2.05, 4.69) is 41.4 Å². The lowest BCUT2D eigenvalue weighted by Gasteiger charge is -2.32. The molecule has 1 aromatic carbocycles. The fraction of sp³-hybridized carbons (Fsp3) is 0.450. The van der Waals surface area contributed by atoms with Crippen LogP contribution in [0.4, 0.5) is 0 Å². The topological polar surface area (TPSA) is 32.3 Å². The number of thiophene rings is 1. The molecule has 0 spiro atoms. The van der Waals surface area contributed by atoms with Crippen LogP contribution in [0, 0.1) is 6.92 Å². The molecule has 3 nitrogen and oxygen atoms in total. The van der Waals surface area contributed by atoms with Gasteiger partial charge in [-0.05, 0) is 56.5 Å². The predicted molar refractivity (Wildman–Crippen MR) is 105 cm³/mol. The Bertz CT molecular complexity index is 705. The van der Waals surface area contributed by atoms with Crippen molar-refractivity contribution in [1.82, 2.24) is 10.2 Å². The van der Waals surface area contributed by atoms with Crippen molar-refractivity contribution in [3.63, 3.8) is 0 Å². The zero-order valence-corrected chi connectivity index (χ0v) is 16.4. The van der Waals surface area contributed by atoms with Gasteiger partial charge in [0.05, 0.1) is 5.92 Å². The van der Waals surface area contributed by atoms with Gasteiger partial charge in [-0.3, -0.25) is 9.69 Å². The van der Waals surface area contributed by atoms with E-state index in [1.165, 1.54) is 10.4 Å². The van der Waals surface area contributed by atoms with Gasteiger partial charge in [-0.15, -0.1) is 11.3 Å². The quantitative estimate of drug-likeness (QED) is 0.827. The molecule has 1 saturated heterocycles. The summed E-state index contributed by atoms with van der Waals surface area (Å²) in [5.41, 5.74) is 1.29. The number of halogens is 1. The van der Waals surface area contributed by atoms with Gasteiger partial charge in [0.1, 0.15) is 0 Å². The highest BCUT2D eigenvalue weighted by atomic mass is 35.5. The molecule has 1 N–H and O–H groups in total. The number of carbonyl (C=O) groups excluding carboxylic acids is 1. The Labute approximate surface area is 159 Å². The third-order valence-electron chi connectivity index (χ3n) is 4.83. The number of hydrogen-bond donors (Lipinski definition) is 1. The van der Waals surface area contributed by atoms with E-state index in [-0.39, 0.29) is 17.9 Å². The summed E-state index contributed by atoms with van der Waals surface area (Å²) < 4.78 is 0. The summed E-state index contributed by atoms with van der Waals surface area (Å²) in [7, 11) is 0. The molecular weight excluding hydrogens is 352 g/mol. The highest BCUT2D eigenvalue weighted by Crippen LogP contribution is 2.25. The molecule has 0 saturated carbocycles. The third-order valence-corrected chi connectivity index (χ3v) is 6.27. The van der Waals surface area contributed by atoms with Gasteiger partial charge in [-0.2, -0.15) is 0 Å². The van der Waals surface area contributed by atoms with E-state index in [1.54, 1.807) is 11.3 Å². The van der Waals surface area contributed by atoms with Crippen LogP contribution in [0.3, 0.4) is 0 Å². The number of nitrogens with one attached hydrogen (secondary N) is 1. The first-order valence-corrected chi connectivity index (χ1v) is 10.0. The van der Waals surface area contributed by atoms with Crippen LogP contribution in [0.25, 0.3) is 0 Å². The standard InChI is InChI=1S/C20H25ClN2OS/c1-14-3-8-19(25-14)15(2)20(24)22-18-9-11-23(12-10-18)13-16-4-6-17(21)7-5-16/h3-8,15,18H,9-13H2,1-2H3,(H,22,24). The second-order valence-electron chi connectivity index (χ2n) is 6.86. The molecule has 1 aromatic heterocycles. The van der Waals surface area contributed by atoms with Crippen LogP contribution in [0.1, 0.15) is 41.0 Å².